The van der Waals surface area contributed by atoms with Gasteiger partial charge in [0.1, 0.15) is 24.7 Å². The van der Waals surface area contributed by atoms with Crippen molar-refractivity contribution in [2.75, 3.05) is 0 Å². The summed E-state index contributed by atoms with van der Waals surface area (Å²) in [7, 11) is 0. The molecule has 0 aliphatic carbocycles. The van der Waals surface area contributed by atoms with E-state index in [2.05, 4.69) is 10.5 Å². The van der Waals surface area contributed by atoms with Crippen LogP contribution >= 0.6 is 23.2 Å². The highest BCUT2D eigenvalue weighted by atomic mass is 35.5. The van der Waals surface area contributed by atoms with Crippen LogP contribution in [-0.4, -0.2) is 12.1 Å². The van der Waals surface area contributed by atoms with Crippen molar-refractivity contribution in [1.29, 1.82) is 0 Å². The molecule has 7 heteroatoms. The third-order valence-corrected chi connectivity index (χ3v) is 5.54. The summed E-state index contributed by atoms with van der Waals surface area (Å²) in [4.78, 5) is 12.5. The highest BCUT2D eigenvalue weighted by Crippen LogP contribution is 2.19. The smallest absolute Gasteiger partial charge is 0.271 e. The number of nitrogens with zero attached hydrogens (tertiary/aromatic N) is 1. The molecule has 0 aromatic heterocycles. The molecule has 0 radical (unpaired) electrons. The van der Waals surface area contributed by atoms with Crippen LogP contribution in [0.2, 0.25) is 10.0 Å². The highest BCUT2D eigenvalue weighted by molar-refractivity contribution is 6.30. The zero-order chi connectivity index (χ0) is 24.5. The number of hydrogen-bond acceptors (Lipinski definition) is 4. The lowest BCUT2D eigenvalue weighted by molar-refractivity contribution is 0.0955. The van der Waals surface area contributed by atoms with E-state index in [4.69, 9.17) is 32.7 Å². The van der Waals surface area contributed by atoms with E-state index < -0.39 is 0 Å². The Morgan fingerprint density at radius 2 is 1.31 bits per heavy atom. The maximum absolute atomic E-state index is 12.5. The third kappa shape index (κ3) is 7.34. The van der Waals surface area contributed by atoms with Gasteiger partial charge >= 0.3 is 0 Å². The maximum atomic E-state index is 12.5. The Morgan fingerprint density at radius 1 is 0.743 bits per heavy atom. The molecule has 5 nitrogen and oxygen atoms in total. The third-order valence-electron chi connectivity index (χ3n) is 5.03. The molecule has 176 valence electrons. The topological polar surface area (TPSA) is 59.9 Å². The molecule has 0 saturated heterocycles. The molecular weight excluding hydrogens is 483 g/mol. The van der Waals surface area contributed by atoms with E-state index in [1.807, 2.05) is 72.8 Å². The number of rotatable bonds is 9. The van der Waals surface area contributed by atoms with Crippen molar-refractivity contribution in [3.05, 3.63) is 129 Å². The Bertz CT molecular complexity index is 1290. The summed E-state index contributed by atoms with van der Waals surface area (Å²) in [6.45, 7) is 0.799. The molecule has 0 spiro atoms. The van der Waals surface area contributed by atoms with Gasteiger partial charge in [-0.2, -0.15) is 5.10 Å². The van der Waals surface area contributed by atoms with Crippen LogP contribution in [-0.2, 0) is 13.2 Å². The van der Waals surface area contributed by atoms with Gasteiger partial charge in [-0.25, -0.2) is 5.43 Å². The Hall–Kier alpha value is -3.80. The summed E-state index contributed by atoms with van der Waals surface area (Å²) in [5.41, 5.74) is 5.75. The lowest BCUT2D eigenvalue weighted by Gasteiger charge is -2.09. The summed E-state index contributed by atoms with van der Waals surface area (Å²) in [6.07, 6.45) is 1.55. The lowest BCUT2D eigenvalue weighted by Crippen LogP contribution is -2.17. The number of hydrogen-bond donors (Lipinski definition) is 1. The minimum Gasteiger partial charge on any atom is -0.489 e. The Kier molecular flexibility index (Phi) is 8.39. The number of amides is 1. The van der Waals surface area contributed by atoms with Crippen LogP contribution in [0.25, 0.3) is 0 Å². The zero-order valence-corrected chi connectivity index (χ0v) is 20.2. The number of benzene rings is 4. The van der Waals surface area contributed by atoms with Crippen molar-refractivity contribution < 1.29 is 14.3 Å². The first-order valence-electron chi connectivity index (χ1n) is 10.8. The Labute approximate surface area is 213 Å². The second-order valence-electron chi connectivity index (χ2n) is 7.59. The number of carbonyl (C=O) groups is 1. The number of nitrogens with one attached hydrogen (secondary N) is 1. The fraction of sp³-hybridized carbons (Fsp3) is 0.0714. The predicted octanol–water partition coefficient (Wildman–Crippen LogP) is 6.92. The molecule has 4 rings (SSSR count). The average Bonchev–Trinajstić information content (AvgIpc) is 2.89. The van der Waals surface area contributed by atoms with Crippen LogP contribution in [0, 0.1) is 0 Å². The second-order valence-corrected chi connectivity index (χ2v) is 8.46. The first-order valence-corrected chi connectivity index (χ1v) is 11.6. The van der Waals surface area contributed by atoms with Crippen LogP contribution in [0.1, 0.15) is 27.0 Å². The molecule has 35 heavy (non-hydrogen) atoms. The van der Waals surface area contributed by atoms with E-state index in [0.29, 0.717) is 40.3 Å². The van der Waals surface area contributed by atoms with Crippen molar-refractivity contribution in [2.45, 2.75) is 13.2 Å². The molecule has 1 amide bonds. The molecule has 1 N–H and O–H groups in total. The van der Waals surface area contributed by atoms with Crippen LogP contribution < -0.4 is 14.9 Å². The average molecular weight is 505 g/mol. The summed E-state index contributed by atoms with van der Waals surface area (Å²) in [5, 5.41) is 5.45. The van der Waals surface area contributed by atoms with E-state index >= 15 is 0 Å². The molecule has 0 aliphatic rings. The lowest BCUT2D eigenvalue weighted by atomic mass is 10.2. The second kappa shape index (κ2) is 12.1. The van der Waals surface area contributed by atoms with Gasteiger partial charge in [0.2, 0.25) is 0 Å². The Balaban J connectivity index is 1.30. The molecule has 0 atom stereocenters. The molecule has 4 aromatic rings. The van der Waals surface area contributed by atoms with Crippen LogP contribution in [0.5, 0.6) is 11.5 Å². The van der Waals surface area contributed by atoms with Gasteiger partial charge in [0.25, 0.3) is 5.91 Å². The maximum Gasteiger partial charge on any atom is 0.271 e. The molecular formula is C28H22Cl2N2O3. The van der Waals surface area contributed by atoms with Gasteiger partial charge in [0, 0.05) is 21.2 Å². The van der Waals surface area contributed by atoms with Gasteiger partial charge in [0.05, 0.1) is 6.21 Å². The van der Waals surface area contributed by atoms with E-state index in [0.717, 1.165) is 16.7 Å². The van der Waals surface area contributed by atoms with Crippen LogP contribution in [0.4, 0.5) is 0 Å². The van der Waals surface area contributed by atoms with Crippen molar-refractivity contribution in [3.8, 4) is 11.5 Å². The van der Waals surface area contributed by atoms with Gasteiger partial charge in [-0.1, -0.05) is 59.6 Å². The summed E-state index contributed by atoms with van der Waals surface area (Å²) >= 11 is 11.8. The van der Waals surface area contributed by atoms with Crippen molar-refractivity contribution >= 4 is 35.3 Å². The van der Waals surface area contributed by atoms with Gasteiger partial charge in [0.15, 0.2) is 0 Å². The van der Waals surface area contributed by atoms with Gasteiger partial charge in [-0.05, 0) is 71.8 Å². The zero-order valence-electron chi connectivity index (χ0n) is 18.7. The predicted molar refractivity (Wildman–Crippen MR) is 140 cm³/mol. The van der Waals surface area contributed by atoms with E-state index in [1.54, 1.807) is 30.5 Å². The van der Waals surface area contributed by atoms with Crippen molar-refractivity contribution in [2.24, 2.45) is 5.10 Å². The highest BCUT2D eigenvalue weighted by Gasteiger charge is 2.06. The quantitative estimate of drug-likeness (QED) is 0.199. The fourth-order valence-electron chi connectivity index (χ4n) is 3.14. The molecule has 0 aliphatic heterocycles. The number of carbonyl (C=O) groups excluding carboxylic acids is 1. The van der Waals surface area contributed by atoms with E-state index in [-0.39, 0.29) is 5.91 Å². The van der Waals surface area contributed by atoms with Gasteiger partial charge < -0.3 is 9.47 Å². The Morgan fingerprint density at radius 3 is 1.94 bits per heavy atom. The first-order chi connectivity index (χ1) is 17.1. The fourth-order valence-corrected chi connectivity index (χ4v) is 3.39. The molecule has 4 aromatic carbocycles. The molecule has 0 heterocycles. The number of para-hydroxylation sites is 1. The SMILES string of the molecule is O=C(NN=Cc1ccccc1OCc1ccc(Cl)cc1)c1ccc(OCc2ccc(Cl)cc2)cc1. The standard InChI is InChI=1S/C28H22Cl2N2O3/c29-24-11-5-20(6-12-24)18-34-26-15-9-22(10-16-26)28(33)32-31-17-23-3-1-2-4-27(23)35-19-21-7-13-25(30)14-8-21/h1-17H,18-19H2,(H,32,33). The number of hydrazone groups is 1. The summed E-state index contributed by atoms with van der Waals surface area (Å²) in [5.74, 6) is 0.986. The molecule has 0 fully saturated rings. The number of halogens is 2. The van der Waals surface area contributed by atoms with Crippen molar-refractivity contribution in [1.82, 2.24) is 5.43 Å². The summed E-state index contributed by atoms with van der Waals surface area (Å²) < 4.78 is 11.7. The normalized spacial score (nSPS) is 10.8. The minimum absolute atomic E-state index is 0.329. The summed E-state index contributed by atoms with van der Waals surface area (Å²) in [6, 6.07) is 29.2. The largest absolute Gasteiger partial charge is 0.489 e. The number of ether oxygens (including phenoxy) is 2. The molecule has 0 unspecified atom stereocenters. The van der Waals surface area contributed by atoms with E-state index in [1.165, 1.54) is 0 Å². The van der Waals surface area contributed by atoms with Gasteiger partial charge in [-0.15, -0.1) is 0 Å². The van der Waals surface area contributed by atoms with E-state index in [9.17, 15) is 4.79 Å². The van der Waals surface area contributed by atoms with Crippen molar-refractivity contribution in [3.63, 3.8) is 0 Å². The van der Waals surface area contributed by atoms with Gasteiger partial charge in [-0.3, -0.25) is 4.79 Å². The molecule has 0 bridgehead atoms. The minimum atomic E-state index is -0.329. The van der Waals surface area contributed by atoms with Crippen LogP contribution in [0.3, 0.4) is 0 Å². The molecule has 0 saturated carbocycles. The van der Waals surface area contributed by atoms with Crippen LogP contribution in [0.15, 0.2) is 102 Å². The monoisotopic (exact) mass is 504 g/mol. The first kappa shape index (κ1) is 24.3.